The summed E-state index contributed by atoms with van der Waals surface area (Å²) in [4.78, 5) is 26.2. The Kier molecular flexibility index (Phi) is 6.51. The first-order valence-corrected chi connectivity index (χ1v) is 9.60. The fraction of sp³-hybridized carbons (Fsp3) is 0.312. The van der Waals surface area contributed by atoms with E-state index in [4.69, 9.17) is 17.0 Å². The first-order chi connectivity index (χ1) is 11.9. The van der Waals surface area contributed by atoms with E-state index in [1.54, 1.807) is 11.4 Å². The number of hydrazine groups is 1. The molecular weight excluding hydrogens is 378 g/mol. The van der Waals surface area contributed by atoms with Gasteiger partial charge in [0, 0.05) is 15.1 Å². The normalized spacial score (nSPS) is 10.2. The average Bonchev–Trinajstić information content (AvgIpc) is 3.14. The van der Waals surface area contributed by atoms with Gasteiger partial charge in [-0.3, -0.25) is 15.6 Å². The second kappa shape index (κ2) is 8.41. The number of amides is 1. The SMILES string of the molecule is CCc1c(C)sc(NC(=S)NNC(=O)c2csc(C)c2)c1C(=O)OC. The van der Waals surface area contributed by atoms with E-state index in [1.165, 1.54) is 29.8 Å². The highest BCUT2D eigenvalue weighted by molar-refractivity contribution is 7.80. The summed E-state index contributed by atoms with van der Waals surface area (Å²) in [6.07, 6.45) is 0.711. The van der Waals surface area contributed by atoms with Gasteiger partial charge in [-0.2, -0.15) is 0 Å². The molecule has 0 saturated carbocycles. The molecule has 0 atom stereocenters. The monoisotopic (exact) mass is 397 g/mol. The predicted molar refractivity (Wildman–Crippen MR) is 106 cm³/mol. The largest absolute Gasteiger partial charge is 0.465 e. The summed E-state index contributed by atoms with van der Waals surface area (Å²) >= 11 is 8.12. The Morgan fingerprint density at radius 3 is 2.56 bits per heavy atom. The first kappa shape index (κ1) is 19.4. The number of thiocarbonyl (C=S) groups is 1. The van der Waals surface area contributed by atoms with E-state index in [1.807, 2.05) is 20.8 Å². The topological polar surface area (TPSA) is 79.5 Å². The van der Waals surface area contributed by atoms with Gasteiger partial charge >= 0.3 is 5.97 Å². The van der Waals surface area contributed by atoms with E-state index in [2.05, 4.69) is 16.2 Å². The number of rotatable bonds is 4. The van der Waals surface area contributed by atoms with E-state index >= 15 is 0 Å². The van der Waals surface area contributed by atoms with Gasteiger partial charge in [-0.1, -0.05) is 6.92 Å². The van der Waals surface area contributed by atoms with Crippen LogP contribution < -0.4 is 16.2 Å². The lowest BCUT2D eigenvalue weighted by Gasteiger charge is -2.11. The molecule has 134 valence electrons. The van der Waals surface area contributed by atoms with Crippen molar-refractivity contribution in [3.63, 3.8) is 0 Å². The predicted octanol–water partition coefficient (Wildman–Crippen LogP) is 3.41. The van der Waals surface area contributed by atoms with Gasteiger partial charge in [-0.25, -0.2) is 4.79 Å². The van der Waals surface area contributed by atoms with Gasteiger partial charge < -0.3 is 10.1 Å². The maximum absolute atomic E-state index is 12.1. The maximum Gasteiger partial charge on any atom is 0.341 e. The molecule has 6 nitrogen and oxygen atoms in total. The summed E-state index contributed by atoms with van der Waals surface area (Å²) in [6.45, 7) is 5.85. The van der Waals surface area contributed by atoms with Gasteiger partial charge in [-0.15, -0.1) is 22.7 Å². The number of hydrogen-bond donors (Lipinski definition) is 3. The third-order valence-electron chi connectivity index (χ3n) is 3.46. The highest BCUT2D eigenvalue weighted by Crippen LogP contribution is 2.33. The number of hydrogen-bond acceptors (Lipinski definition) is 6. The molecule has 0 aliphatic rings. The van der Waals surface area contributed by atoms with Crippen molar-refractivity contribution >= 4 is 56.9 Å². The molecule has 2 rings (SSSR count). The van der Waals surface area contributed by atoms with E-state index < -0.39 is 5.97 Å². The van der Waals surface area contributed by atoms with Crippen LogP contribution >= 0.6 is 34.9 Å². The van der Waals surface area contributed by atoms with Gasteiger partial charge in [-0.05, 0) is 44.1 Å². The fourth-order valence-corrected chi connectivity index (χ4v) is 4.33. The molecule has 25 heavy (non-hydrogen) atoms. The van der Waals surface area contributed by atoms with Gasteiger partial charge in [0.2, 0.25) is 0 Å². The van der Waals surface area contributed by atoms with E-state index in [0.717, 1.165) is 15.3 Å². The van der Waals surface area contributed by atoms with Crippen molar-refractivity contribution in [3.8, 4) is 0 Å². The molecule has 0 spiro atoms. The number of nitrogens with one attached hydrogen (secondary N) is 3. The van der Waals surface area contributed by atoms with Crippen molar-refractivity contribution in [2.45, 2.75) is 27.2 Å². The summed E-state index contributed by atoms with van der Waals surface area (Å²) in [5.74, 6) is -0.692. The number of ether oxygens (including phenoxy) is 1. The molecule has 2 heterocycles. The number of thiophene rings is 2. The summed E-state index contributed by atoms with van der Waals surface area (Å²) in [7, 11) is 1.35. The third kappa shape index (κ3) is 4.56. The van der Waals surface area contributed by atoms with E-state index in [9.17, 15) is 9.59 Å². The number of esters is 1. The zero-order valence-corrected chi connectivity index (χ0v) is 16.8. The Balaban J connectivity index is 2.05. The zero-order valence-electron chi connectivity index (χ0n) is 14.3. The molecule has 3 N–H and O–H groups in total. The fourth-order valence-electron chi connectivity index (χ4n) is 2.29. The molecule has 2 aromatic heterocycles. The molecule has 9 heteroatoms. The molecule has 0 bridgehead atoms. The Morgan fingerprint density at radius 1 is 1.28 bits per heavy atom. The minimum atomic E-state index is -0.413. The molecular formula is C16H19N3O3S3. The lowest BCUT2D eigenvalue weighted by Crippen LogP contribution is -2.43. The van der Waals surface area contributed by atoms with Crippen molar-refractivity contribution in [1.82, 2.24) is 10.9 Å². The highest BCUT2D eigenvalue weighted by Gasteiger charge is 2.22. The van der Waals surface area contributed by atoms with Gasteiger partial charge in [0.15, 0.2) is 5.11 Å². The zero-order chi connectivity index (χ0) is 18.6. The molecule has 0 saturated heterocycles. The van der Waals surface area contributed by atoms with Crippen LogP contribution in [-0.2, 0) is 11.2 Å². The molecule has 2 aromatic rings. The molecule has 0 aliphatic heterocycles. The number of methoxy groups -OCH3 is 1. The minimum Gasteiger partial charge on any atom is -0.465 e. The average molecular weight is 398 g/mol. The van der Waals surface area contributed by atoms with Crippen LogP contribution in [0.25, 0.3) is 0 Å². The van der Waals surface area contributed by atoms with E-state index in [0.29, 0.717) is 22.5 Å². The van der Waals surface area contributed by atoms with Crippen LogP contribution in [0, 0.1) is 13.8 Å². The van der Waals surface area contributed by atoms with Crippen LogP contribution in [0.1, 0.15) is 43.0 Å². The Bertz CT molecular complexity index is 811. The Morgan fingerprint density at radius 2 is 2.00 bits per heavy atom. The quantitative estimate of drug-likeness (QED) is 0.417. The van der Waals surface area contributed by atoms with Crippen molar-refractivity contribution in [2.75, 3.05) is 12.4 Å². The standard InChI is InChI=1S/C16H19N3O3S3/c1-5-11-9(3)25-14(12(11)15(21)22-4)17-16(23)19-18-13(20)10-6-8(2)24-7-10/h6-7H,5H2,1-4H3,(H,18,20)(H2,17,19,23). The van der Waals surface area contributed by atoms with Crippen molar-refractivity contribution < 1.29 is 14.3 Å². The number of anilines is 1. The molecule has 0 fully saturated rings. The molecule has 0 unspecified atom stereocenters. The van der Waals surface area contributed by atoms with Crippen LogP contribution in [0.15, 0.2) is 11.4 Å². The van der Waals surface area contributed by atoms with E-state index in [-0.39, 0.29) is 11.0 Å². The molecule has 0 radical (unpaired) electrons. The third-order valence-corrected chi connectivity index (χ3v) is 5.59. The van der Waals surface area contributed by atoms with Crippen molar-refractivity contribution in [2.24, 2.45) is 0 Å². The molecule has 0 aliphatic carbocycles. The lowest BCUT2D eigenvalue weighted by molar-refractivity contribution is 0.0601. The first-order valence-electron chi connectivity index (χ1n) is 7.50. The number of carbonyl (C=O) groups is 2. The smallest absolute Gasteiger partial charge is 0.341 e. The van der Waals surface area contributed by atoms with Gasteiger partial charge in [0.05, 0.1) is 18.2 Å². The number of carbonyl (C=O) groups excluding carboxylic acids is 2. The summed E-state index contributed by atoms with van der Waals surface area (Å²) in [6, 6.07) is 1.80. The second-order valence-corrected chi connectivity index (χ2v) is 7.91. The minimum absolute atomic E-state index is 0.189. The molecule has 1 amide bonds. The van der Waals surface area contributed by atoms with Crippen LogP contribution in [-0.4, -0.2) is 24.1 Å². The van der Waals surface area contributed by atoms with Crippen molar-refractivity contribution in [3.05, 3.63) is 37.9 Å². The van der Waals surface area contributed by atoms with Gasteiger partial charge in [0.25, 0.3) is 5.91 Å². The van der Waals surface area contributed by atoms with Crippen LogP contribution in [0.2, 0.25) is 0 Å². The summed E-state index contributed by atoms with van der Waals surface area (Å²) in [5.41, 5.74) is 7.16. The highest BCUT2D eigenvalue weighted by atomic mass is 32.1. The van der Waals surface area contributed by atoms with Crippen LogP contribution in [0.5, 0.6) is 0 Å². The number of aryl methyl sites for hydroxylation is 2. The van der Waals surface area contributed by atoms with Gasteiger partial charge in [0.1, 0.15) is 5.00 Å². The summed E-state index contributed by atoms with van der Waals surface area (Å²) in [5, 5.41) is 5.52. The second-order valence-electron chi connectivity index (χ2n) is 5.17. The Hall–Kier alpha value is -1.97. The maximum atomic E-state index is 12.1. The summed E-state index contributed by atoms with van der Waals surface area (Å²) < 4.78 is 4.87. The Labute approximate surface area is 159 Å². The van der Waals surface area contributed by atoms with Crippen LogP contribution in [0.3, 0.4) is 0 Å². The lowest BCUT2D eigenvalue weighted by atomic mass is 10.1. The van der Waals surface area contributed by atoms with Crippen molar-refractivity contribution in [1.29, 1.82) is 0 Å². The van der Waals surface area contributed by atoms with Crippen LogP contribution in [0.4, 0.5) is 5.00 Å². The molecule has 0 aromatic carbocycles.